The average Bonchev–Trinajstić information content (AvgIpc) is 2.53. The summed E-state index contributed by atoms with van der Waals surface area (Å²) in [5.74, 6) is 0. The fourth-order valence-electron chi connectivity index (χ4n) is 2.09. The van der Waals surface area contributed by atoms with Crippen LogP contribution in [0.25, 0.3) is 10.8 Å². The maximum Gasteiger partial charge on any atom is 0.269 e. The van der Waals surface area contributed by atoms with Gasteiger partial charge in [-0.05, 0) is 40.6 Å². The minimum Gasteiger partial charge on any atom is -0.258 e. The van der Waals surface area contributed by atoms with Crippen LogP contribution in [-0.4, -0.2) is 11.1 Å². The van der Waals surface area contributed by atoms with E-state index in [2.05, 4.69) is 11.1 Å². The second kappa shape index (κ2) is 5.54. The van der Waals surface area contributed by atoms with Crippen LogP contribution < -0.4 is 0 Å². The van der Waals surface area contributed by atoms with Gasteiger partial charge in [-0.1, -0.05) is 30.3 Å². The Bertz CT molecular complexity index is 824. The van der Waals surface area contributed by atoms with Crippen molar-refractivity contribution in [2.24, 2.45) is 4.99 Å². The van der Waals surface area contributed by atoms with Gasteiger partial charge in [-0.2, -0.15) is 0 Å². The molecule has 102 valence electrons. The molecule has 3 rings (SSSR count). The van der Waals surface area contributed by atoms with Gasteiger partial charge in [-0.3, -0.25) is 15.1 Å². The fraction of sp³-hybridized carbons (Fsp3) is 0. The zero-order valence-electron chi connectivity index (χ0n) is 11.1. The first-order chi connectivity index (χ1) is 10.2. The molecule has 0 aliphatic rings. The maximum absolute atomic E-state index is 10.6. The third-order valence-electron chi connectivity index (χ3n) is 3.20. The van der Waals surface area contributed by atoms with E-state index in [-0.39, 0.29) is 5.69 Å². The Morgan fingerprint density at radius 3 is 2.33 bits per heavy atom. The summed E-state index contributed by atoms with van der Waals surface area (Å²) in [7, 11) is 0. The molecule has 0 aliphatic carbocycles. The van der Waals surface area contributed by atoms with Crippen LogP contribution in [0.1, 0.15) is 5.56 Å². The van der Waals surface area contributed by atoms with Gasteiger partial charge in [0, 0.05) is 18.3 Å². The van der Waals surface area contributed by atoms with Crippen molar-refractivity contribution >= 4 is 28.4 Å². The van der Waals surface area contributed by atoms with Gasteiger partial charge in [0.2, 0.25) is 0 Å². The SMILES string of the molecule is O=[N+]([O-])c1ccc(C=Nc2ccc3ccccc3c2)cc1. The summed E-state index contributed by atoms with van der Waals surface area (Å²) in [6, 6.07) is 20.4. The molecule has 0 bridgehead atoms. The summed E-state index contributed by atoms with van der Waals surface area (Å²) >= 11 is 0. The lowest BCUT2D eigenvalue weighted by Gasteiger charge is -1.99. The summed E-state index contributed by atoms with van der Waals surface area (Å²) in [6.45, 7) is 0. The number of fused-ring (bicyclic) bond motifs is 1. The quantitative estimate of drug-likeness (QED) is 0.402. The Morgan fingerprint density at radius 2 is 1.62 bits per heavy atom. The molecule has 0 fully saturated rings. The van der Waals surface area contributed by atoms with Crippen LogP contribution in [0.5, 0.6) is 0 Å². The molecule has 0 aromatic heterocycles. The van der Waals surface area contributed by atoms with Crippen molar-refractivity contribution in [3.8, 4) is 0 Å². The summed E-state index contributed by atoms with van der Waals surface area (Å²) in [6.07, 6.45) is 1.70. The van der Waals surface area contributed by atoms with Crippen LogP contribution >= 0.6 is 0 Å². The highest BCUT2D eigenvalue weighted by Crippen LogP contribution is 2.21. The molecule has 3 aromatic carbocycles. The van der Waals surface area contributed by atoms with Crippen LogP contribution in [0, 0.1) is 10.1 Å². The summed E-state index contributed by atoms with van der Waals surface area (Å²) < 4.78 is 0. The Morgan fingerprint density at radius 1 is 0.905 bits per heavy atom. The monoisotopic (exact) mass is 276 g/mol. The highest BCUT2D eigenvalue weighted by Gasteiger charge is 2.02. The molecule has 0 radical (unpaired) electrons. The van der Waals surface area contributed by atoms with Crippen molar-refractivity contribution in [1.29, 1.82) is 0 Å². The van der Waals surface area contributed by atoms with Gasteiger partial charge in [0.25, 0.3) is 5.69 Å². The second-order valence-corrected chi connectivity index (χ2v) is 4.64. The lowest BCUT2D eigenvalue weighted by Crippen LogP contribution is -1.88. The third kappa shape index (κ3) is 2.95. The third-order valence-corrected chi connectivity index (χ3v) is 3.20. The van der Waals surface area contributed by atoms with Crippen LogP contribution in [0.3, 0.4) is 0 Å². The van der Waals surface area contributed by atoms with Crippen LogP contribution in [-0.2, 0) is 0 Å². The standard InChI is InChI=1S/C17H12N2O2/c20-19(21)17-9-5-13(6-10-17)12-18-16-8-7-14-3-1-2-4-15(14)11-16/h1-12H. The van der Waals surface area contributed by atoms with Gasteiger partial charge in [0.05, 0.1) is 10.6 Å². The first-order valence-corrected chi connectivity index (χ1v) is 6.50. The van der Waals surface area contributed by atoms with Gasteiger partial charge in [0.1, 0.15) is 0 Å². The van der Waals surface area contributed by atoms with Gasteiger partial charge >= 0.3 is 0 Å². The molecule has 21 heavy (non-hydrogen) atoms. The predicted molar refractivity (Wildman–Crippen MR) is 84.3 cm³/mol. The van der Waals surface area contributed by atoms with Gasteiger partial charge in [-0.15, -0.1) is 0 Å². The van der Waals surface area contributed by atoms with Crippen molar-refractivity contribution in [3.05, 3.63) is 82.4 Å². The number of rotatable bonds is 3. The van der Waals surface area contributed by atoms with Crippen LogP contribution in [0.2, 0.25) is 0 Å². The van der Waals surface area contributed by atoms with Crippen molar-refractivity contribution in [2.45, 2.75) is 0 Å². The number of hydrogen-bond acceptors (Lipinski definition) is 3. The molecule has 3 aromatic rings. The number of non-ortho nitro benzene ring substituents is 1. The number of hydrogen-bond donors (Lipinski definition) is 0. The van der Waals surface area contributed by atoms with Crippen LogP contribution in [0.4, 0.5) is 11.4 Å². The lowest BCUT2D eigenvalue weighted by atomic mass is 10.1. The molecule has 0 amide bonds. The van der Waals surface area contributed by atoms with E-state index in [1.54, 1.807) is 18.3 Å². The van der Waals surface area contributed by atoms with Crippen molar-refractivity contribution in [3.63, 3.8) is 0 Å². The Labute approximate surface area is 121 Å². The summed E-state index contributed by atoms with van der Waals surface area (Å²) in [5, 5.41) is 12.9. The number of nitro benzene ring substituents is 1. The van der Waals surface area contributed by atoms with Gasteiger partial charge < -0.3 is 0 Å². The molecule has 0 saturated carbocycles. The molecule has 0 saturated heterocycles. The molecule has 4 nitrogen and oxygen atoms in total. The lowest BCUT2D eigenvalue weighted by molar-refractivity contribution is -0.384. The molecule has 4 heteroatoms. The zero-order valence-corrected chi connectivity index (χ0v) is 11.1. The normalized spacial score (nSPS) is 11.0. The molecule has 0 N–H and O–H groups in total. The number of benzene rings is 3. The van der Waals surface area contributed by atoms with Crippen molar-refractivity contribution in [2.75, 3.05) is 0 Å². The Balaban J connectivity index is 1.85. The Hall–Kier alpha value is -3.01. The van der Waals surface area contributed by atoms with E-state index in [1.807, 2.05) is 36.4 Å². The maximum atomic E-state index is 10.6. The summed E-state index contributed by atoms with van der Waals surface area (Å²) in [4.78, 5) is 14.6. The number of nitro groups is 1. The smallest absolute Gasteiger partial charge is 0.258 e. The topological polar surface area (TPSA) is 55.5 Å². The van der Waals surface area contributed by atoms with Crippen LogP contribution in [0.15, 0.2) is 71.7 Å². The van der Waals surface area contributed by atoms with E-state index < -0.39 is 4.92 Å². The molecule has 0 unspecified atom stereocenters. The zero-order chi connectivity index (χ0) is 14.7. The molecule has 0 atom stereocenters. The molecular weight excluding hydrogens is 264 g/mol. The molecule has 0 heterocycles. The first-order valence-electron chi connectivity index (χ1n) is 6.50. The average molecular weight is 276 g/mol. The van der Waals surface area contributed by atoms with E-state index >= 15 is 0 Å². The van der Waals surface area contributed by atoms with Crippen molar-refractivity contribution < 1.29 is 4.92 Å². The van der Waals surface area contributed by atoms with E-state index in [1.165, 1.54) is 17.5 Å². The van der Waals surface area contributed by atoms with Gasteiger partial charge in [0.15, 0.2) is 0 Å². The predicted octanol–water partition coefficient (Wildman–Crippen LogP) is 4.50. The number of aliphatic imine (C=N–C) groups is 1. The molecule has 0 aliphatic heterocycles. The minimum atomic E-state index is -0.412. The summed E-state index contributed by atoms with van der Waals surface area (Å²) in [5.41, 5.74) is 1.76. The second-order valence-electron chi connectivity index (χ2n) is 4.64. The van der Waals surface area contributed by atoms with Crippen molar-refractivity contribution in [1.82, 2.24) is 0 Å². The molecule has 0 spiro atoms. The van der Waals surface area contributed by atoms with E-state index in [0.717, 1.165) is 16.6 Å². The first kappa shape index (κ1) is 13.0. The minimum absolute atomic E-state index is 0.0813. The Kier molecular flexibility index (Phi) is 3.43. The van der Waals surface area contributed by atoms with E-state index in [9.17, 15) is 10.1 Å². The highest BCUT2D eigenvalue weighted by atomic mass is 16.6. The van der Waals surface area contributed by atoms with E-state index in [0.29, 0.717) is 0 Å². The molecular formula is C17H12N2O2. The highest BCUT2D eigenvalue weighted by molar-refractivity contribution is 5.87. The largest absolute Gasteiger partial charge is 0.269 e. The number of nitrogens with zero attached hydrogens (tertiary/aromatic N) is 2. The van der Waals surface area contributed by atoms with Gasteiger partial charge in [-0.25, -0.2) is 0 Å². The van der Waals surface area contributed by atoms with E-state index in [4.69, 9.17) is 0 Å². The fourth-order valence-corrected chi connectivity index (χ4v) is 2.09.